The number of Topliss-reactive ketones (excluding diaryl/α,β-unsaturated/α-hetero) is 1. The van der Waals surface area contributed by atoms with Gasteiger partial charge in [0.25, 0.3) is 0 Å². The van der Waals surface area contributed by atoms with Crippen LogP contribution in [0.5, 0.6) is 0 Å². The van der Waals surface area contributed by atoms with Crippen molar-refractivity contribution in [3.8, 4) is 0 Å². The van der Waals surface area contributed by atoms with Crippen LogP contribution in [0.2, 0.25) is 0 Å². The van der Waals surface area contributed by atoms with E-state index >= 15 is 0 Å². The summed E-state index contributed by atoms with van der Waals surface area (Å²) < 4.78 is 0. The molecule has 0 radical (unpaired) electrons. The Labute approximate surface area is 129 Å². The van der Waals surface area contributed by atoms with E-state index in [0.29, 0.717) is 0 Å². The van der Waals surface area contributed by atoms with Crippen LogP contribution in [0, 0.1) is 0 Å². The molecule has 0 aliphatic carbocycles. The molecule has 2 atom stereocenters. The van der Waals surface area contributed by atoms with Gasteiger partial charge >= 0.3 is 0 Å². The van der Waals surface area contributed by atoms with Crippen LogP contribution in [-0.2, 0) is 4.79 Å². The molecule has 2 aliphatic rings. The highest BCUT2D eigenvalue weighted by Crippen LogP contribution is 2.40. The molecule has 2 N–H and O–H groups in total. The summed E-state index contributed by atoms with van der Waals surface area (Å²) in [7, 11) is 2.12. The van der Waals surface area contributed by atoms with E-state index in [4.69, 9.17) is 0 Å². The highest BCUT2D eigenvalue weighted by molar-refractivity contribution is 6.16. The van der Waals surface area contributed by atoms with Gasteiger partial charge in [-0.05, 0) is 56.3 Å². The molecule has 0 saturated carbocycles. The fourth-order valence-corrected chi connectivity index (χ4v) is 3.69. The number of nitrogens with zero attached hydrogens (tertiary/aromatic N) is 1. The fraction of sp³-hybridized carbons (Fsp3) is 0.278. The lowest BCUT2D eigenvalue weighted by atomic mass is 9.89. The normalized spacial score (nSPS) is 28.9. The molecule has 2 bridgehead atoms. The Morgan fingerprint density at radius 1 is 1.00 bits per heavy atom. The third-order valence-electron chi connectivity index (χ3n) is 4.81. The molecular weight excluding hydrogens is 274 g/mol. The highest BCUT2D eigenvalue weighted by Gasteiger charge is 2.44. The summed E-state index contributed by atoms with van der Waals surface area (Å²) in [5.41, 5.74) is 3.77. The van der Waals surface area contributed by atoms with Crippen molar-refractivity contribution in [2.45, 2.75) is 24.9 Å². The average molecular weight is 293 g/mol. The first-order valence-electron chi connectivity index (χ1n) is 7.70. The third-order valence-corrected chi connectivity index (χ3v) is 4.81. The van der Waals surface area contributed by atoms with Gasteiger partial charge in [0.2, 0.25) is 0 Å². The molecule has 22 heavy (non-hydrogen) atoms. The number of aromatic amines is 2. The number of ketones is 1. The number of carbonyl (C=O) groups excluding carboxylic acids is 1. The van der Waals surface area contributed by atoms with Crippen LogP contribution in [-0.4, -0.2) is 39.8 Å². The van der Waals surface area contributed by atoms with E-state index in [9.17, 15) is 4.79 Å². The van der Waals surface area contributed by atoms with Gasteiger partial charge in [0.05, 0.1) is 0 Å². The largest absolute Gasteiger partial charge is 0.362 e. The predicted octanol–water partition coefficient (Wildman–Crippen LogP) is 2.86. The number of aromatic nitrogens is 2. The summed E-state index contributed by atoms with van der Waals surface area (Å²) in [5, 5.41) is 0. The number of piperidine rings is 1. The quantitative estimate of drug-likeness (QED) is 0.837. The molecular formula is C18H19N3O. The van der Waals surface area contributed by atoms with E-state index < -0.39 is 0 Å². The van der Waals surface area contributed by atoms with Gasteiger partial charge in [-0.3, -0.25) is 9.69 Å². The first kappa shape index (κ1) is 13.3. The maximum absolute atomic E-state index is 13.0. The van der Waals surface area contributed by atoms with Crippen molar-refractivity contribution in [2.24, 2.45) is 0 Å². The number of H-pyrrole nitrogens is 2. The van der Waals surface area contributed by atoms with E-state index in [1.165, 1.54) is 0 Å². The SMILES string of the molecule is CN1[C@H]2CC[C@H]1/C(=C\c1ccc[nH]1)C(=O)/C2=C\c1ccc[nH]1. The Kier molecular flexibility index (Phi) is 3.12. The van der Waals surface area contributed by atoms with Crippen LogP contribution in [0.1, 0.15) is 24.2 Å². The smallest absolute Gasteiger partial charge is 0.188 e. The number of likely N-dealkylation sites (N-methyl/N-ethyl adjacent to an activating group) is 1. The minimum Gasteiger partial charge on any atom is -0.362 e. The van der Waals surface area contributed by atoms with Crippen LogP contribution in [0.3, 0.4) is 0 Å². The second-order valence-electron chi connectivity index (χ2n) is 6.05. The van der Waals surface area contributed by atoms with Crippen molar-refractivity contribution in [2.75, 3.05) is 7.05 Å². The highest BCUT2D eigenvalue weighted by atomic mass is 16.1. The van der Waals surface area contributed by atoms with Crippen LogP contribution < -0.4 is 0 Å². The minimum absolute atomic E-state index is 0.190. The monoisotopic (exact) mass is 293 g/mol. The summed E-state index contributed by atoms with van der Waals surface area (Å²) in [6.07, 6.45) is 9.87. The van der Waals surface area contributed by atoms with E-state index in [-0.39, 0.29) is 17.9 Å². The number of hydrogen-bond acceptors (Lipinski definition) is 2. The Morgan fingerprint density at radius 2 is 1.50 bits per heavy atom. The molecule has 2 aromatic heterocycles. The molecule has 2 saturated heterocycles. The summed E-state index contributed by atoms with van der Waals surface area (Å²) in [6, 6.07) is 8.38. The summed E-state index contributed by atoms with van der Waals surface area (Å²) in [5.74, 6) is 0.190. The van der Waals surface area contributed by atoms with Gasteiger partial charge in [-0.1, -0.05) is 0 Å². The molecule has 4 heterocycles. The first-order valence-corrected chi connectivity index (χ1v) is 7.70. The molecule has 2 fully saturated rings. The molecule has 112 valence electrons. The van der Waals surface area contributed by atoms with Crippen LogP contribution in [0.4, 0.5) is 0 Å². The van der Waals surface area contributed by atoms with Crippen molar-refractivity contribution < 1.29 is 4.79 Å². The number of nitrogens with one attached hydrogen (secondary N) is 2. The predicted molar refractivity (Wildman–Crippen MR) is 87.1 cm³/mol. The van der Waals surface area contributed by atoms with Gasteiger partial charge in [0.15, 0.2) is 5.78 Å². The Hall–Kier alpha value is -2.33. The maximum atomic E-state index is 13.0. The first-order chi connectivity index (χ1) is 10.7. The molecule has 0 amide bonds. The lowest BCUT2D eigenvalue weighted by molar-refractivity contribution is -0.114. The van der Waals surface area contributed by atoms with Gasteiger partial charge in [-0.25, -0.2) is 0 Å². The average Bonchev–Trinajstić information content (AvgIpc) is 3.22. The zero-order valence-corrected chi connectivity index (χ0v) is 12.5. The number of carbonyl (C=O) groups is 1. The van der Waals surface area contributed by atoms with Gasteiger partial charge in [0, 0.05) is 47.0 Å². The summed E-state index contributed by atoms with van der Waals surface area (Å²) in [6.45, 7) is 0. The van der Waals surface area contributed by atoms with Gasteiger partial charge in [-0.15, -0.1) is 0 Å². The molecule has 2 aliphatic heterocycles. The Morgan fingerprint density at radius 3 is 1.91 bits per heavy atom. The molecule has 4 nitrogen and oxygen atoms in total. The van der Waals surface area contributed by atoms with E-state index in [2.05, 4.69) is 21.9 Å². The topological polar surface area (TPSA) is 51.9 Å². The number of rotatable bonds is 2. The van der Waals surface area contributed by atoms with Crippen molar-refractivity contribution >= 4 is 17.9 Å². The van der Waals surface area contributed by atoms with E-state index in [0.717, 1.165) is 35.4 Å². The molecule has 0 aromatic carbocycles. The summed E-state index contributed by atoms with van der Waals surface area (Å²) in [4.78, 5) is 21.7. The number of hydrogen-bond donors (Lipinski definition) is 2. The molecule has 4 rings (SSSR count). The van der Waals surface area contributed by atoms with E-state index in [1.807, 2.05) is 48.8 Å². The fourth-order valence-electron chi connectivity index (χ4n) is 3.69. The van der Waals surface area contributed by atoms with Crippen LogP contribution >= 0.6 is 0 Å². The van der Waals surface area contributed by atoms with Crippen molar-refractivity contribution in [3.63, 3.8) is 0 Å². The standard InChI is InChI=1S/C18H19N3O/c1-21-16-6-7-17(21)15(11-13-5-3-9-20-13)18(22)14(16)10-12-4-2-8-19-12/h2-5,8-11,16-17,19-20H,6-7H2,1H3/b14-10-,15-11+/t16-,17-/m0/s1. The summed E-state index contributed by atoms with van der Waals surface area (Å²) >= 11 is 0. The van der Waals surface area contributed by atoms with Gasteiger partial charge < -0.3 is 9.97 Å². The maximum Gasteiger partial charge on any atom is 0.188 e. The van der Waals surface area contributed by atoms with Crippen LogP contribution in [0.25, 0.3) is 12.2 Å². The van der Waals surface area contributed by atoms with Gasteiger partial charge in [0.1, 0.15) is 0 Å². The molecule has 0 spiro atoms. The number of fused-ring (bicyclic) bond motifs is 2. The zero-order valence-electron chi connectivity index (χ0n) is 12.5. The lowest BCUT2D eigenvalue weighted by Crippen LogP contribution is -2.43. The molecule has 0 unspecified atom stereocenters. The van der Waals surface area contributed by atoms with Crippen LogP contribution in [0.15, 0.2) is 47.8 Å². The minimum atomic E-state index is 0.190. The van der Waals surface area contributed by atoms with Crippen molar-refractivity contribution in [3.05, 3.63) is 59.2 Å². The third kappa shape index (κ3) is 2.07. The Bertz CT molecular complexity index is 675. The zero-order chi connectivity index (χ0) is 15.1. The van der Waals surface area contributed by atoms with Crippen molar-refractivity contribution in [1.29, 1.82) is 0 Å². The lowest BCUT2D eigenvalue weighted by Gasteiger charge is -2.34. The second kappa shape index (κ2) is 5.14. The molecule has 4 heteroatoms. The van der Waals surface area contributed by atoms with E-state index in [1.54, 1.807) is 0 Å². The van der Waals surface area contributed by atoms with Gasteiger partial charge in [-0.2, -0.15) is 0 Å². The molecule has 2 aromatic rings. The van der Waals surface area contributed by atoms with Crippen molar-refractivity contribution in [1.82, 2.24) is 14.9 Å². The Balaban J connectivity index is 1.79. The second-order valence-corrected chi connectivity index (χ2v) is 6.05.